The maximum Gasteiger partial charge on any atom is 0.407 e. The summed E-state index contributed by atoms with van der Waals surface area (Å²) in [5.74, 6) is -1.73. The van der Waals surface area contributed by atoms with Gasteiger partial charge in [0.25, 0.3) is 0 Å². The predicted molar refractivity (Wildman–Crippen MR) is 124 cm³/mol. The lowest BCUT2D eigenvalue weighted by atomic mass is 9.98. The van der Waals surface area contributed by atoms with E-state index in [0.29, 0.717) is 0 Å². The van der Waals surface area contributed by atoms with E-state index in [4.69, 9.17) is 4.74 Å². The molecule has 2 unspecified atom stereocenters. The lowest BCUT2D eigenvalue weighted by Crippen LogP contribution is -2.55. The van der Waals surface area contributed by atoms with Crippen LogP contribution in [0.25, 0.3) is 11.1 Å². The molecule has 0 aliphatic heterocycles. The Hall–Kier alpha value is -3.35. The van der Waals surface area contributed by atoms with Gasteiger partial charge in [0.2, 0.25) is 5.91 Å². The number of carboxylic acid groups (broad SMARTS) is 1. The number of carbonyl (C=O) groups is 3. The molecule has 2 aromatic rings. The quantitative estimate of drug-likeness (QED) is 0.633. The Bertz CT molecular complexity index is 1020. The first-order chi connectivity index (χ1) is 15.8. The molecule has 33 heavy (non-hydrogen) atoms. The molecule has 7 heteroatoms. The zero-order valence-electron chi connectivity index (χ0n) is 19.2. The number of hydrogen-bond donors (Lipinski definition) is 2. The van der Waals surface area contributed by atoms with Crippen LogP contribution in [0.4, 0.5) is 4.79 Å². The van der Waals surface area contributed by atoms with Gasteiger partial charge >= 0.3 is 12.1 Å². The topological polar surface area (TPSA) is 95.9 Å². The Labute approximate surface area is 193 Å². The number of rotatable bonds is 8. The summed E-state index contributed by atoms with van der Waals surface area (Å²) < 4.78 is 5.60. The van der Waals surface area contributed by atoms with E-state index in [9.17, 15) is 19.5 Å². The van der Waals surface area contributed by atoms with Gasteiger partial charge in [-0.15, -0.1) is 0 Å². The fourth-order valence-corrected chi connectivity index (χ4v) is 4.60. The molecule has 0 spiro atoms. The molecule has 1 saturated carbocycles. The Morgan fingerprint density at radius 3 is 2.03 bits per heavy atom. The van der Waals surface area contributed by atoms with Crippen molar-refractivity contribution >= 4 is 18.0 Å². The summed E-state index contributed by atoms with van der Waals surface area (Å²) in [6, 6.07) is 14.3. The van der Waals surface area contributed by atoms with E-state index in [0.717, 1.165) is 35.1 Å². The van der Waals surface area contributed by atoms with E-state index in [2.05, 4.69) is 17.4 Å². The number of benzene rings is 2. The summed E-state index contributed by atoms with van der Waals surface area (Å²) in [4.78, 5) is 38.9. The molecule has 174 valence electrons. The van der Waals surface area contributed by atoms with Gasteiger partial charge in [0, 0.05) is 12.0 Å². The van der Waals surface area contributed by atoms with Crippen LogP contribution in [0.2, 0.25) is 0 Å². The number of carbonyl (C=O) groups excluding carboxylic acids is 2. The Kier molecular flexibility index (Phi) is 6.40. The van der Waals surface area contributed by atoms with E-state index < -0.39 is 24.1 Å². The molecular weight excluding hydrogens is 420 g/mol. The van der Waals surface area contributed by atoms with E-state index in [1.165, 1.54) is 11.8 Å². The van der Waals surface area contributed by atoms with Gasteiger partial charge in [-0.1, -0.05) is 62.4 Å². The molecule has 7 nitrogen and oxygen atoms in total. The van der Waals surface area contributed by atoms with Crippen LogP contribution in [0, 0.1) is 5.92 Å². The summed E-state index contributed by atoms with van der Waals surface area (Å²) in [6.07, 6.45) is 0.876. The summed E-state index contributed by atoms with van der Waals surface area (Å²) >= 11 is 0. The van der Waals surface area contributed by atoms with Crippen LogP contribution in [0.5, 0.6) is 0 Å². The van der Waals surface area contributed by atoms with Crippen LogP contribution < -0.4 is 5.32 Å². The molecular formula is C26H30N2O5. The number of nitrogens with one attached hydrogen (secondary N) is 1. The minimum atomic E-state index is -1.06. The standard InChI is InChI=1S/C26H30N2O5/c1-15(2)23(24(29)28(17-12-13-17)16(3)25(30)31)27-26(32)33-14-22-20-10-6-4-8-18(20)19-9-5-7-11-21(19)22/h4-11,15-17,22-23H,12-14H2,1-3H3,(H,27,32)(H,30,31). The van der Waals surface area contributed by atoms with Gasteiger partial charge in [-0.3, -0.25) is 4.79 Å². The predicted octanol–water partition coefficient (Wildman–Crippen LogP) is 4.01. The average Bonchev–Trinajstić information content (AvgIpc) is 3.57. The normalized spacial score (nSPS) is 16.5. The molecule has 2 aliphatic carbocycles. The molecule has 0 radical (unpaired) electrons. The first kappa shape index (κ1) is 22.8. The highest BCUT2D eigenvalue weighted by Gasteiger charge is 2.42. The largest absolute Gasteiger partial charge is 0.480 e. The first-order valence-electron chi connectivity index (χ1n) is 11.5. The maximum absolute atomic E-state index is 13.2. The molecule has 0 aromatic heterocycles. The minimum Gasteiger partial charge on any atom is -0.480 e. The van der Waals surface area contributed by atoms with Crippen LogP contribution in [-0.2, 0) is 14.3 Å². The number of carboxylic acids is 1. The van der Waals surface area contributed by atoms with Crippen molar-refractivity contribution in [3.63, 3.8) is 0 Å². The van der Waals surface area contributed by atoms with Crippen LogP contribution >= 0.6 is 0 Å². The average molecular weight is 451 g/mol. The first-order valence-corrected chi connectivity index (χ1v) is 11.5. The monoisotopic (exact) mass is 450 g/mol. The summed E-state index contributed by atoms with van der Waals surface area (Å²) in [7, 11) is 0. The van der Waals surface area contributed by atoms with E-state index in [-0.39, 0.29) is 30.4 Å². The molecule has 0 bridgehead atoms. The fourth-order valence-electron chi connectivity index (χ4n) is 4.60. The molecule has 2 N–H and O–H groups in total. The van der Waals surface area contributed by atoms with Crippen molar-refractivity contribution in [2.45, 2.75) is 57.7 Å². The van der Waals surface area contributed by atoms with Gasteiger partial charge in [0.1, 0.15) is 18.7 Å². The van der Waals surface area contributed by atoms with Crippen LogP contribution in [0.1, 0.15) is 50.7 Å². The molecule has 0 heterocycles. The van der Waals surface area contributed by atoms with E-state index in [1.807, 2.05) is 50.2 Å². The minimum absolute atomic E-state index is 0.0775. The molecule has 1 fully saturated rings. The SMILES string of the molecule is CC(C)C(NC(=O)OCC1c2ccccc2-c2ccccc21)C(=O)N(C1CC1)C(C)C(=O)O. The highest BCUT2D eigenvalue weighted by molar-refractivity contribution is 5.90. The third kappa shape index (κ3) is 4.58. The number of amides is 2. The van der Waals surface area contributed by atoms with Crippen LogP contribution in [0.3, 0.4) is 0 Å². The highest BCUT2D eigenvalue weighted by Crippen LogP contribution is 2.44. The number of nitrogens with zero attached hydrogens (tertiary/aromatic N) is 1. The van der Waals surface area contributed by atoms with Crippen molar-refractivity contribution in [3.05, 3.63) is 59.7 Å². The van der Waals surface area contributed by atoms with Gasteiger partial charge < -0.3 is 20.1 Å². The number of aliphatic carboxylic acids is 1. The Morgan fingerprint density at radius 1 is 1.00 bits per heavy atom. The van der Waals surface area contributed by atoms with E-state index >= 15 is 0 Å². The third-order valence-electron chi connectivity index (χ3n) is 6.52. The molecule has 2 aromatic carbocycles. The fraction of sp³-hybridized carbons (Fsp3) is 0.423. The third-order valence-corrected chi connectivity index (χ3v) is 6.52. The number of ether oxygens (including phenoxy) is 1. The van der Waals surface area contributed by atoms with Crippen LogP contribution in [-0.4, -0.2) is 52.7 Å². The van der Waals surface area contributed by atoms with Crippen molar-refractivity contribution in [1.82, 2.24) is 10.2 Å². The number of fused-ring (bicyclic) bond motifs is 3. The van der Waals surface area contributed by atoms with Crippen LogP contribution in [0.15, 0.2) is 48.5 Å². The van der Waals surface area contributed by atoms with Crippen molar-refractivity contribution in [3.8, 4) is 11.1 Å². The lowest BCUT2D eigenvalue weighted by molar-refractivity contribution is -0.151. The van der Waals surface area contributed by atoms with Gasteiger partial charge in [-0.05, 0) is 47.9 Å². The van der Waals surface area contributed by atoms with Crippen molar-refractivity contribution < 1.29 is 24.2 Å². The van der Waals surface area contributed by atoms with Gasteiger partial charge in [0.05, 0.1) is 0 Å². The van der Waals surface area contributed by atoms with Gasteiger partial charge in [-0.2, -0.15) is 0 Å². The lowest BCUT2D eigenvalue weighted by Gasteiger charge is -2.32. The molecule has 2 amide bonds. The summed E-state index contributed by atoms with van der Waals surface area (Å²) in [5, 5.41) is 12.1. The number of alkyl carbamates (subject to hydrolysis) is 1. The van der Waals surface area contributed by atoms with Crippen molar-refractivity contribution in [2.24, 2.45) is 5.92 Å². The van der Waals surface area contributed by atoms with E-state index in [1.54, 1.807) is 0 Å². The second kappa shape index (κ2) is 9.25. The maximum atomic E-state index is 13.2. The Morgan fingerprint density at radius 2 is 1.55 bits per heavy atom. The zero-order chi connectivity index (χ0) is 23.7. The number of hydrogen-bond acceptors (Lipinski definition) is 4. The smallest absolute Gasteiger partial charge is 0.407 e. The molecule has 2 atom stereocenters. The second-order valence-corrected chi connectivity index (χ2v) is 9.18. The second-order valence-electron chi connectivity index (χ2n) is 9.18. The zero-order valence-corrected chi connectivity index (χ0v) is 19.2. The summed E-state index contributed by atoms with van der Waals surface area (Å²) in [6.45, 7) is 5.30. The van der Waals surface area contributed by atoms with Crippen molar-refractivity contribution in [1.29, 1.82) is 0 Å². The van der Waals surface area contributed by atoms with Gasteiger partial charge in [-0.25, -0.2) is 9.59 Å². The Balaban J connectivity index is 1.45. The van der Waals surface area contributed by atoms with Gasteiger partial charge in [0.15, 0.2) is 0 Å². The highest BCUT2D eigenvalue weighted by atomic mass is 16.5. The van der Waals surface area contributed by atoms with Crippen molar-refractivity contribution in [2.75, 3.05) is 6.61 Å². The molecule has 4 rings (SSSR count). The molecule has 2 aliphatic rings. The summed E-state index contributed by atoms with van der Waals surface area (Å²) in [5.41, 5.74) is 4.50. The molecule has 0 saturated heterocycles.